The Morgan fingerprint density at radius 2 is 1.96 bits per heavy atom. The molecule has 6 heteroatoms. The number of methoxy groups -OCH3 is 1. The van der Waals surface area contributed by atoms with Crippen LogP contribution in [0.4, 0.5) is 0 Å². The summed E-state index contributed by atoms with van der Waals surface area (Å²) >= 11 is 0. The summed E-state index contributed by atoms with van der Waals surface area (Å²) < 4.78 is 11.8. The molecule has 0 aliphatic carbocycles. The molecule has 1 fully saturated rings. The number of benzene rings is 2. The zero-order chi connectivity index (χ0) is 18.1. The topological polar surface area (TPSA) is 64.7 Å². The van der Waals surface area contributed by atoms with Gasteiger partial charge >= 0.3 is 5.76 Å². The minimum atomic E-state index is -0.495. The zero-order valence-corrected chi connectivity index (χ0v) is 14.6. The maximum Gasteiger partial charge on any atom is 0.420 e. The SMILES string of the molecule is COc1ccc([C@H]2CCN(C(=O)Cn3c(=O)oc4ccccc43)C2)cc1. The van der Waals surface area contributed by atoms with Crippen molar-refractivity contribution in [3.8, 4) is 5.75 Å². The van der Waals surface area contributed by atoms with E-state index < -0.39 is 5.76 Å². The first-order chi connectivity index (χ1) is 12.7. The largest absolute Gasteiger partial charge is 0.497 e. The second kappa shape index (κ2) is 6.71. The van der Waals surface area contributed by atoms with E-state index >= 15 is 0 Å². The van der Waals surface area contributed by atoms with Crippen LogP contribution in [0.25, 0.3) is 11.1 Å². The summed E-state index contributed by atoms with van der Waals surface area (Å²) in [5, 5.41) is 0. The number of likely N-dealkylation sites (tertiary alicyclic amines) is 1. The van der Waals surface area contributed by atoms with Crippen molar-refractivity contribution in [1.29, 1.82) is 0 Å². The predicted octanol–water partition coefficient (Wildman–Crippen LogP) is 2.62. The Morgan fingerprint density at radius 3 is 2.73 bits per heavy atom. The second-order valence-electron chi connectivity index (χ2n) is 6.52. The molecule has 0 unspecified atom stereocenters. The van der Waals surface area contributed by atoms with E-state index in [0.717, 1.165) is 12.2 Å². The second-order valence-corrected chi connectivity index (χ2v) is 6.52. The van der Waals surface area contributed by atoms with Gasteiger partial charge in [-0.1, -0.05) is 24.3 Å². The van der Waals surface area contributed by atoms with Gasteiger partial charge in [0, 0.05) is 19.0 Å². The predicted molar refractivity (Wildman–Crippen MR) is 97.4 cm³/mol. The Balaban J connectivity index is 1.47. The molecule has 6 nitrogen and oxygen atoms in total. The number of hydrogen-bond donors (Lipinski definition) is 0. The van der Waals surface area contributed by atoms with Crippen molar-refractivity contribution in [3.63, 3.8) is 0 Å². The summed E-state index contributed by atoms with van der Waals surface area (Å²) in [7, 11) is 1.65. The Kier molecular flexibility index (Phi) is 4.24. The lowest BCUT2D eigenvalue weighted by atomic mass is 9.98. The highest BCUT2D eigenvalue weighted by Gasteiger charge is 2.28. The first-order valence-electron chi connectivity index (χ1n) is 8.66. The first kappa shape index (κ1) is 16.4. The van der Waals surface area contributed by atoms with Gasteiger partial charge in [-0.15, -0.1) is 0 Å². The van der Waals surface area contributed by atoms with Crippen molar-refractivity contribution < 1.29 is 13.9 Å². The van der Waals surface area contributed by atoms with Crippen molar-refractivity contribution in [2.24, 2.45) is 0 Å². The third kappa shape index (κ3) is 2.98. The molecule has 1 atom stereocenters. The van der Waals surface area contributed by atoms with Crippen LogP contribution in [0, 0.1) is 0 Å². The minimum absolute atomic E-state index is 0.00514. The van der Waals surface area contributed by atoms with Gasteiger partial charge in [0.05, 0.1) is 12.6 Å². The van der Waals surface area contributed by atoms with E-state index in [1.807, 2.05) is 35.2 Å². The Labute approximate surface area is 150 Å². The number of nitrogens with zero attached hydrogens (tertiary/aromatic N) is 2. The van der Waals surface area contributed by atoms with E-state index in [2.05, 4.69) is 0 Å². The van der Waals surface area contributed by atoms with Gasteiger partial charge in [0.15, 0.2) is 5.58 Å². The standard InChI is InChI=1S/C20H20N2O4/c1-25-16-8-6-14(7-9-16)15-10-11-21(12-15)19(23)13-22-17-4-2-3-5-18(17)26-20(22)24/h2-9,15H,10-13H2,1H3/t15-/m0/s1. The van der Waals surface area contributed by atoms with Crippen LogP contribution in [0.1, 0.15) is 17.9 Å². The van der Waals surface area contributed by atoms with Gasteiger partial charge < -0.3 is 14.1 Å². The molecule has 1 saturated heterocycles. The average Bonchev–Trinajstić information content (AvgIpc) is 3.27. The fraction of sp³-hybridized carbons (Fsp3) is 0.300. The molecule has 3 aromatic rings. The van der Waals surface area contributed by atoms with Gasteiger partial charge in [-0.25, -0.2) is 4.79 Å². The summed E-state index contributed by atoms with van der Waals surface area (Å²) in [5.41, 5.74) is 2.35. The van der Waals surface area contributed by atoms with Gasteiger partial charge in [-0.05, 0) is 36.2 Å². The highest BCUT2D eigenvalue weighted by Crippen LogP contribution is 2.28. The quantitative estimate of drug-likeness (QED) is 0.724. The number of hydrogen-bond acceptors (Lipinski definition) is 4. The highest BCUT2D eigenvalue weighted by molar-refractivity contribution is 5.79. The van der Waals surface area contributed by atoms with Crippen LogP contribution in [0.5, 0.6) is 5.75 Å². The molecule has 26 heavy (non-hydrogen) atoms. The number of carbonyl (C=O) groups excluding carboxylic acids is 1. The molecular formula is C20H20N2O4. The Hall–Kier alpha value is -3.02. The van der Waals surface area contributed by atoms with Crippen LogP contribution in [0.2, 0.25) is 0 Å². The maximum atomic E-state index is 12.7. The van der Waals surface area contributed by atoms with E-state index in [1.165, 1.54) is 10.1 Å². The summed E-state index contributed by atoms with van der Waals surface area (Å²) in [6.45, 7) is 1.36. The normalized spacial score (nSPS) is 17.0. The first-order valence-corrected chi connectivity index (χ1v) is 8.66. The molecular weight excluding hydrogens is 332 g/mol. The van der Waals surface area contributed by atoms with Gasteiger partial charge in [0.25, 0.3) is 0 Å². The molecule has 1 aromatic heterocycles. The molecule has 0 radical (unpaired) electrons. The van der Waals surface area contributed by atoms with Gasteiger partial charge in [0.1, 0.15) is 12.3 Å². The van der Waals surface area contributed by atoms with E-state index in [4.69, 9.17) is 9.15 Å². The number of fused-ring (bicyclic) bond motifs is 1. The number of oxazole rings is 1. The smallest absolute Gasteiger partial charge is 0.420 e. The number of ether oxygens (including phenoxy) is 1. The van der Waals surface area contributed by atoms with Gasteiger partial charge in [0.2, 0.25) is 5.91 Å². The molecule has 0 spiro atoms. The molecule has 0 saturated carbocycles. The molecule has 4 rings (SSSR count). The Bertz CT molecular complexity index is 987. The number of aromatic nitrogens is 1. The van der Waals surface area contributed by atoms with E-state index in [9.17, 15) is 9.59 Å². The molecule has 1 aliphatic rings. The zero-order valence-electron chi connectivity index (χ0n) is 14.6. The average molecular weight is 352 g/mol. The van der Waals surface area contributed by atoms with Crippen LogP contribution in [-0.2, 0) is 11.3 Å². The summed E-state index contributed by atoms with van der Waals surface area (Å²) in [6, 6.07) is 15.1. The third-order valence-corrected chi connectivity index (χ3v) is 5.00. The number of para-hydroxylation sites is 2. The highest BCUT2D eigenvalue weighted by atomic mass is 16.5. The van der Waals surface area contributed by atoms with Gasteiger partial charge in [-0.3, -0.25) is 9.36 Å². The van der Waals surface area contributed by atoms with Crippen molar-refractivity contribution >= 4 is 17.0 Å². The summed E-state index contributed by atoms with van der Waals surface area (Å²) in [5.74, 6) is 0.577. The van der Waals surface area contributed by atoms with Crippen LogP contribution < -0.4 is 10.5 Å². The van der Waals surface area contributed by atoms with Crippen molar-refractivity contribution in [3.05, 3.63) is 64.6 Å². The lowest BCUT2D eigenvalue weighted by Crippen LogP contribution is -2.34. The number of amides is 1. The lowest BCUT2D eigenvalue weighted by molar-refractivity contribution is -0.130. The van der Waals surface area contributed by atoms with Gasteiger partial charge in [-0.2, -0.15) is 0 Å². The number of rotatable bonds is 4. The maximum absolute atomic E-state index is 12.7. The summed E-state index contributed by atoms with van der Waals surface area (Å²) in [4.78, 5) is 26.6. The molecule has 2 heterocycles. The Morgan fingerprint density at radius 1 is 1.19 bits per heavy atom. The van der Waals surface area contributed by atoms with Crippen LogP contribution >= 0.6 is 0 Å². The molecule has 2 aromatic carbocycles. The van der Waals surface area contributed by atoms with Crippen molar-refractivity contribution in [2.75, 3.05) is 20.2 Å². The van der Waals surface area contributed by atoms with E-state index in [-0.39, 0.29) is 12.5 Å². The van der Waals surface area contributed by atoms with E-state index in [1.54, 1.807) is 25.3 Å². The summed E-state index contributed by atoms with van der Waals surface area (Å²) in [6.07, 6.45) is 0.916. The van der Waals surface area contributed by atoms with Crippen LogP contribution in [0.15, 0.2) is 57.7 Å². The third-order valence-electron chi connectivity index (χ3n) is 5.00. The molecule has 0 N–H and O–H groups in total. The molecule has 1 aliphatic heterocycles. The van der Waals surface area contributed by atoms with E-state index in [0.29, 0.717) is 30.1 Å². The number of carbonyl (C=O) groups is 1. The lowest BCUT2D eigenvalue weighted by Gasteiger charge is -2.17. The fourth-order valence-corrected chi connectivity index (χ4v) is 3.53. The van der Waals surface area contributed by atoms with Crippen molar-refractivity contribution in [1.82, 2.24) is 9.47 Å². The molecule has 134 valence electrons. The molecule has 1 amide bonds. The van der Waals surface area contributed by atoms with Crippen LogP contribution in [-0.4, -0.2) is 35.6 Å². The minimum Gasteiger partial charge on any atom is -0.497 e. The monoisotopic (exact) mass is 352 g/mol. The fourth-order valence-electron chi connectivity index (χ4n) is 3.53. The van der Waals surface area contributed by atoms with Crippen molar-refractivity contribution in [2.45, 2.75) is 18.9 Å². The van der Waals surface area contributed by atoms with Crippen LogP contribution in [0.3, 0.4) is 0 Å². The molecule has 0 bridgehead atoms.